The van der Waals surface area contributed by atoms with E-state index in [1.165, 1.54) is 36.0 Å². The van der Waals surface area contributed by atoms with Crippen LogP contribution in [-0.2, 0) is 13.5 Å². The van der Waals surface area contributed by atoms with Crippen LogP contribution in [0.4, 0.5) is 0 Å². The van der Waals surface area contributed by atoms with E-state index < -0.39 is 0 Å². The molecule has 1 fully saturated rings. The van der Waals surface area contributed by atoms with Crippen molar-refractivity contribution in [2.75, 3.05) is 13.1 Å². The van der Waals surface area contributed by atoms with E-state index in [1.807, 2.05) is 12.3 Å². The second-order valence-corrected chi connectivity index (χ2v) is 7.32. The molecule has 132 valence electrons. The van der Waals surface area contributed by atoms with E-state index in [1.54, 1.807) is 6.20 Å². The fraction of sp³-hybridized carbons (Fsp3) is 0.364. The van der Waals surface area contributed by atoms with Crippen LogP contribution in [0.1, 0.15) is 31.0 Å². The third-order valence-electron chi connectivity index (χ3n) is 5.69. The Labute approximate surface area is 154 Å². The lowest BCUT2D eigenvalue weighted by atomic mass is 10.0. The van der Waals surface area contributed by atoms with Crippen LogP contribution in [0.5, 0.6) is 0 Å². The molecule has 1 aliphatic rings. The molecule has 4 heteroatoms. The summed E-state index contributed by atoms with van der Waals surface area (Å²) in [4.78, 5) is 6.78. The molecule has 1 aliphatic heterocycles. The Morgan fingerprint density at radius 2 is 2.08 bits per heavy atom. The summed E-state index contributed by atoms with van der Waals surface area (Å²) in [6, 6.07) is 13.6. The number of benzene rings is 1. The van der Waals surface area contributed by atoms with Crippen LogP contribution in [0.3, 0.4) is 0 Å². The van der Waals surface area contributed by atoms with Crippen molar-refractivity contribution in [1.82, 2.24) is 14.5 Å². The first-order valence-electron chi connectivity index (χ1n) is 9.33. The largest absolute Gasteiger partial charge is 0.348 e. The number of pyridine rings is 1. The van der Waals surface area contributed by atoms with Gasteiger partial charge in [0.1, 0.15) is 6.07 Å². The Morgan fingerprint density at radius 1 is 1.19 bits per heavy atom. The van der Waals surface area contributed by atoms with Crippen LogP contribution in [-0.4, -0.2) is 33.6 Å². The molecule has 0 aliphatic carbocycles. The van der Waals surface area contributed by atoms with Gasteiger partial charge in [-0.3, -0.25) is 4.98 Å². The Bertz CT molecular complexity index is 979. The molecule has 1 atom stereocenters. The molecule has 4 rings (SSSR count). The van der Waals surface area contributed by atoms with Gasteiger partial charge in [0, 0.05) is 60.6 Å². The first kappa shape index (κ1) is 16.8. The zero-order valence-electron chi connectivity index (χ0n) is 15.4. The van der Waals surface area contributed by atoms with Crippen LogP contribution in [0.25, 0.3) is 22.0 Å². The second kappa shape index (κ2) is 6.93. The van der Waals surface area contributed by atoms with Crippen molar-refractivity contribution in [3.05, 3.63) is 54.0 Å². The number of hydrogen-bond acceptors (Lipinski definition) is 3. The number of aromatic nitrogens is 2. The minimum atomic E-state index is 0.594. The normalized spacial score (nSPS) is 17.7. The van der Waals surface area contributed by atoms with Gasteiger partial charge in [-0.05, 0) is 56.1 Å². The molecule has 1 aromatic carbocycles. The number of fused-ring (bicyclic) bond motifs is 1. The lowest BCUT2D eigenvalue weighted by molar-refractivity contribution is 0.271. The molecule has 0 radical (unpaired) electrons. The van der Waals surface area contributed by atoms with Gasteiger partial charge < -0.3 is 9.47 Å². The van der Waals surface area contributed by atoms with Crippen molar-refractivity contribution in [1.29, 1.82) is 5.26 Å². The van der Waals surface area contributed by atoms with Gasteiger partial charge in [0.15, 0.2) is 0 Å². The minimum absolute atomic E-state index is 0.594. The number of rotatable bonds is 4. The summed E-state index contributed by atoms with van der Waals surface area (Å²) in [6.45, 7) is 4.70. The lowest BCUT2D eigenvalue weighted by Gasteiger charge is -2.20. The maximum Gasteiger partial charge on any atom is 0.101 e. The molecule has 1 saturated heterocycles. The zero-order valence-corrected chi connectivity index (χ0v) is 15.4. The Morgan fingerprint density at radius 3 is 2.85 bits per heavy atom. The molecule has 1 unspecified atom stereocenters. The molecule has 0 amide bonds. The lowest BCUT2D eigenvalue weighted by Crippen LogP contribution is -2.29. The van der Waals surface area contributed by atoms with E-state index >= 15 is 0 Å². The van der Waals surface area contributed by atoms with Gasteiger partial charge in [0.05, 0.1) is 5.56 Å². The molecule has 26 heavy (non-hydrogen) atoms. The topological polar surface area (TPSA) is 44.9 Å². The quantitative estimate of drug-likeness (QED) is 0.714. The van der Waals surface area contributed by atoms with Crippen LogP contribution < -0.4 is 0 Å². The summed E-state index contributed by atoms with van der Waals surface area (Å²) in [5.41, 5.74) is 5.31. The van der Waals surface area contributed by atoms with Gasteiger partial charge >= 0.3 is 0 Å². The molecular formula is C22H24N4. The number of hydrogen-bond donors (Lipinski definition) is 0. The highest BCUT2D eigenvalue weighted by Crippen LogP contribution is 2.27. The maximum absolute atomic E-state index is 9.09. The average molecular weight is 344 g/mol. The number of aryl methyl sites for hydroxylation is 1. The van der Waals surface area contributed by atoms with Crippen LogP contribution in [0, 0.1) is 11.3 Å². The van der Waals surface area contributed by atoms with Gasteiger partial charge in [0.25, 0.3) is 0 Å². The number of nitriles is 1. The average Bonchev–Trinajstić information content (AvgIpc) is 3.22. The Balaban J connectivity index is 1.61. The van der Waals surface area contributed by atoms with Gasteiger partial charge in [0.2, 0.25) is 0 Å². The van der Waals surface area contributed by atoms with Crippen molar-refractivity contribution in [2.24, 2.45) is 7.05 Å². The van der Waals surface area contributed by atoms with Gasteiger partial charge in [-0.15, -0.1) is 0 Å². The third kappa shape index (κ3) is 3.11. The molecule has 0 N–H and O–H groups in total. The van der Waals surface area contributed by atoms with E-state index in [9.17, 15) is 0 Å². The van der Waals surface area contributed by atoms with Gasteiger partial charge in [-0.1, -0.05) is 6.07 Å². The number of likely N-dealkylation sites (tertiary alicyclic amines) is 1. The van der Waals surface area contributed by atoms with Crippen LogP contribution in [0.15, 0.2) is 42.7 Å². The fourth-order valence-electron chi connectivity index (χ4n) is 4.07. The third-order valence-corrected chi connectivity index (χ3v) is 5.69. The SMILES string of the molecule is CC1CCCN1CCc1cc2cc(-c3cncc(C#N)c3)ccc2n1C. The highest BCUT2D eigenvalue weighted by atomic mass is 15.2. The van der Waals surface area contributed by atoms with E-state index in [0.29, 0.717) is 5.56 Å². The zero-order chi connectivity index (χ0) is 18.1. The summed E-state index contributed by atoms with van der Waals surface area (Å²) in [6.07, 6.45) is 7.16. The van der Waals surface area contributed by atoms with Crippen molar-refractivity contribution in [3.8, 4) is 17.2 Å². The Hall–Kier alpha value is -2.64. The molecule has 3 heterocycles. The summed E-state index contributed by atoms with van der Waals surface area (Å²) >= 11 is 0. The summed E-state index contributed by atoms with van der Waals surface area (Å²) in [7, 11) is 2.16. The van der Waals surface area contributed by atoms with Crippen molar-refractivity contribution < 1.29 is 0 Å². The molecular weight excluding hydrogens is 320 g/mol. The molecule has 0 saturated carbocycles. The molecule has 3 aromatic rings. The molecule has 0 bridgehead atoms. The Kier molecular flexibility index (Phi) is 4.48. The van der Waals surface area contributed by atoms with Crippen molar-refractivity contribution in [2.45, 2.75) is 32.2 Å². The molecule has 4 nitrogen and oxygen atoms in total. The van der Waals surface area contributed by atoms with Gasteiger partial charge in [-0.25, -0.2) is 0 Å². The van der Waals surface area contributed by atoms with Crippen molar-refractivity contribution in [3.63, 3.8) is 0 Å². The summed E-state index contributed by atoms with van der Waals surface area (Å²) in [5, 5.41) is 10.3. The summed E-state index contributed by atoms with van der Waals surface area (Å²) in [5.74, 6) is 0. The highest BCUT2D eigenvalue weighted by molar-refractivity contribution is 5.86. The van der Waals surface area contributed by atoms with E-state index in [4.69, 9.17) is 5.26 Å². The predicted octanol–water partition coefficient (Wildman–Crippen LogP) is 4.14. The molecule has 2 aromatic heterocycles. The summed E-state index contributed by atoms with van der Waals surface area (Å²) < 4.78 is 2.31. The van der Waals surface area contributed by atoms with E-state index in [-0.39, 0.29) is 0 Å². The smallest absolute Gasteiger partial charge is 0.101 e. The van der Waals surface area contributed by atoms with E-state index in [0.717, 1.165) is 30.1 Å². The van der Waals surface area contributed by atoms with Crippen LogP contribution >= 0.6 is 0 Å². The first-order valence-corrected chi connectivity index (χ1v) is 9.33. The molecule has 0 spiro atoms. The standard InChI is InChI=1S/C22H24N4/c1-16-4-3-8-26(16)9-7-21-12-19-11-18(5-6-22(19)25(21)2)20-10-17(13-23)14-24-15-20/h5-6,10-12,14-16H,3-4,7-9H2,1-2H3. The monoisotopic (exact) mass is 344 g/mol. The van der Waals surface area contributed by atoms with Crippen LogP contribution in [0.2, 0.25) is 0 Å². The maximum atomic E-state index is 9.09. The second-order valence-electron chi connectivity index (χ2n) is 7.32. The van der Waals surface area contributed by atoms with E-state index in [2.05, 4.69) is 58.8 Å². The van der Waals surface area contributed by atoms with Gasteiger partial charge in [-0.2, -0.15) is 5.26 Å². The minimum Gasteiger partial charge on any atom is -0.348 e. The number of nitrogens with zero attached hydrogens (tertiary/aromatic N) is 4. The fourth-order valence-corrected chi connectivity index (χ4v) is 4.07. The first-order chi connectivity index (χ1) is 12.7. The predicted molar refractivity (Wildman–Crippen MR) is 105 cm³/mol. The van der Waals surface area contributed by atoms with Crippen molar-refractivity contribution >= 4 is 10.9 Å². The highest BCUT2D eigenvalue weighted by Gasteiger charge is 2.20.